The zero-order valence-corrected chi connectivity index (χ0v) is 12.0. The van der Waals surface area contributed by atoms with Gasteiger partial charge in [0.2, 0.25) is 0 Å². The number of aliphatic hydroxyl groups is 2. The number of aliphatic hydroxyl groups excluding tert-OH is 2. The number of nitrogens with one attached hydrogen (secondary N) is 1. The zero-order valence-electron chi connectivity index (χ0n) is 12.0. The van der Waals surface area contributed by atoms with Gasteiger partial charge in [0.05, 0.1) is 12.7 Å². The Kier molecular flexibility index (Phi) is 13.2. The summed E-state index contributed by atoms with van der Waals surface area (Å²) in [6.07, 6.45) is 6.09. The molecule has 0 heterocycles. The number of unbranched alkanes of at least 4 members (excludes halogenated alkanes) is 3. The highest BCUT2D eigenvalue weighted by atomic mass is 16.5. The average molecular weight is 261 g/mol. The van der Waals surface area contributed by atoms with Crippen LogP contribution >= 0.6 is 0 Å². The second-order valence-corrected chi connectivity index (χ2v) is 4.96. The van der Waals surface area contributed by atoms with Crippen LogP contribution in [0, 0.1) is 0 Å². The maximum atomic E-state index is 9.69. The fourth-order valence-corrected chi connectivity index (χ4v) is 1.75. The first-order valence-corrected chi connectivity index (χ1v) is 7.30. The summed E-state index contributed by atoms with van der Waals surface area (Å²) < 4.78 is 5.43. The molecule has 2 atom stereocenters. The van der Waals surface area contributed by atoms with Gasteiger partial charge >= 0.3 is 0 Å². The summed E-state index contributed by atoms with van der Waals surface area (Å²) in [5.41, 5.74) is 0. The summed E-state index contributed by atoms with van der Waals surface area (Å²) in [5, 5.41) is 21.6. The zero-order chi connectivity index (χ0) is 13.6. The quantitative estimate of drug-likeness (QED) is 0.442. The van der Waals surface area contributed by atoms with Crippen LogP contribution in [0.25, 0.3) is 0 Å². The van der Waals surface area contributed by atoms with Crippen LogP contribution in [-0.4, -0.2) is 48.7 Å². The van der Waals surface area contributed by atoms with E-state index in [9.17, 15) is 5.11 Å². The van der Waals surface area contributed by atoms with Crippen LogP contribution in [0.15, 0.2) is 0 Å². The van der Waals surface area contributed by atoms with E-state index >= 15 is 0 Å². The summed E-state index contributed by atoms with van der Waals surface area (Å²) in [7, 11) is 0. The normalized spacial score (nSPS) is 14.7. The highest BCUT2D eigenvalue weighted by Crippen LogP contribution is 1.99. The molecule has 0 amide bonds. The molecule has 18 heavy (non-hydrogen) atoms. The second-order valence-electron chi connectivity index (χ2n) is 4.96. The van der Waals surface area contributed by atoms with Crippen molar-refractivity contribution in [3.63, 3.8) is 0 Å². The Bertz CT molecular complexity index is 167. The highest BCUT2D eigenvalue weighted by molar-refractivity contribution is 4.65. The molecule has 110 valence electrons. The number of hydrogen-bond donors (Lipinski definition) is 3. The number of ether oxygens (including phenoxy) is 1. The van der Waals surface area contributed by atoms with Crippen LogP contribution in [0.2, 0.25) is 0 Å². The molecule has 4 heteroatoms. The van der Waals surface area contributed by atoms with Crippen molar-refractivity contribution in [3.8, 4) is 0 Å². The van der Waals surface area contributed by atoms with Crippen molar-refractivity contribution >= 4 is 0 Å². The van der Waals surface area contributed by atoms with E-state index in [1.54, 1.807) is 0 Å². The lowest BCUT2D eigenvalue weighted by molar-refractivity contribution is 0.0342. The molecule has 0 saturated heterocycles. The van der Waals surface area contributed by atoms with Crippen LogP contribution in [-0.2, 0) is 4.74 Å². The summed E-state index contributed by atoms with van der Waals surface area (Å²) in [5.74, 6) is 0. The maximum Gasteiger partial charge on any atom is 0.0897 e. The van der Waals surface area contributed by atoms with Gasteiger partial charge in [-0.05, 0) is 26.2 Å². The Balaban J connectivity index is 3.28. The van der Waals surface area contributed by atoms with E-state index in [0.29, 0.717) is 19.2 Å². The van der Waals surface area contributed by atoms with Gasteiger partial charge in [0.25, 0.3) is 0 Å². The average Bonchev–Trinajstić information content (AvgIpc) is 2.38. The minimum atomic E-state index is -0.437. The van der Waals surface area contributed by atoms with Gasteiger partial charge in [-0.2, -0.15) is 0 Å². The third-order valence-corrected chi connectivity index (χ3v) is 2.95. The minimum absolute atomic E-state index is 0.232. The van der Waals surface area contributed by atoms with Crippen LogP contribution in [0.4, 0.5) is 0 Å². The summed E-state index contributed by atoms with van der Waals surface area (Å²) in [4.78, 5) is 0. The monoisotopic (exact) mass is 261 g/mol. The van der Waals surface area contributed by atoms with E-state index in [0.717, 1.165) is 25.9 Å². The fraction of sp³-hybridized carbons (Fsp3) is 1.00. The van der Waals surface area contributed by atoms with Crippen LogP contribution < -0.4 is 5.32 Å². The van der Waals surface area contributed by atoms with Gasteiger partial charge in [0, 0.05) is 25.8 Å². The van der Waals surface area contributed by atoms with E-state index in [1.807, 2.05) is 0 Å². The number of hydrogen-bond acceptors (Lipinski definition) is 4. The molecule has 0 fully saturated rings. The molecule has 0 aromatic rings. The van der Waals surface area contributed by atoms with Crippen LogP contribution in [0.3, 0.4) is 0 Å². The van der Waals surface area contributed by atoms with E-state index < -0.39 is 6.10 Å². The van der Waals surface area contributed by atoms with E-state index in [2.05, 4.69) is 19.2 Å². The molecule has 0 aliphatic carbocycles. The lowest BCUT2D eigenvalue weighted by Gasteiger charge is -2.17. The molecule has 0 aliphatic rings. The lowest BCUT2D eigenvalue weighted by Crippen LogP contribution is -2.36. The van der Waals surface area contributed by atoms with Crippen molar-refractivity contribution in [2.45, 2.75) is 64.5 Å². The van der Waals surface area contributed by atoms with Gasteiger partial charge in [-0.25, -0.2) is 0 Å². The molecule has 0 rings (SSSR count). The third kappa shape index (κ3) is 12.3. The van der Waals surface area contributed by atoms with E-state index in [-0.39, 0.29) is 6.61 Å². The van der Waals surface area contributed by atoms with Crippen molar-refractivity contribution in [1.29, 1.82) is 0 Å². The van der Waals surface area contributed by atoms with Gasteiger partial charge in [0.15, 0.2) is 0 Å². The minimum Gasteiger partial charge on any atom is -0.396 e. The Labute approximate surface area is 112 Å². The third-order valence-electron chi connectivity index (χ3n) is 2.95. The summed E-state index contributed by atoms with van der Waals surface area (Å²) in [6, 6.07) is 0.330. The Hall–Kier alpha value is -0.160. The topological polar surface area (TPSA) is 61.7 Å². The molecule has 4 nitrogen and oxygen atoms in total. The lowest BCUT2D eigenvalue weighted by atomic mass is 10.2. The SMILES string of the molecule is CCCCCCOCC(O)CNC(C)CCCO. The standard InChI is InChI=1S/C14H31NO3/c1-3-4-5-6-10-18-12-14(17)11-15-13(2)8-7-9-16/h13-17H,3-12H2,1-2H3. The predicted molar refractivity (Wildman–Crippen MR) is 74.8 cm³/mol. The van der Waals surface area contributed by atoms with E-state index in [4.69, 9.17) is 9.84 Å². The van der Waals surface area contributed by atoms with Crippen molar-refractivity contribution in [2.24, 2.45) is 0 Å². The summed E-state index contributed by atoms with van der Waals surface area (Å²) >= 11 is 0. The van der Waals surface area contributed by atoms with Gasteiger partial charge in [-0.3, -0.25) is 0 Å². The molecule has 0 aromatic heterocycles. The Morgan fingerprint density at radius 1 is 1.17 bits per heavy atom. The molecule has 3 N–H and O–H groups in total. The Morgan fingerprint density at radius 2 is 1.94 bits per heavy atom. The first-order chi connectivity index (χ1) is 8.70. The molecule has 0 spiro atoms. The smallest absolute Gasteiger partial charge is 0.0897 e. The molecule has 0 radical (unpaired) electrons. The van der Waals surface area contributed by atoms with Gasteiger partial charge in [-0.15, -0.1) is 0 Å². The fourth-order valence-electron chi connectivity index (χ4n) is 1.75. The first kappa shape index (κ1) is 17.8. The van der Waals surface area contributed by atoms with Crippen molar-refractivity contribution < 1.29 is 14.9 Å². The van der Waals surface area contributed by atoms with Crippen molar-refractivity contribution in [1.82, 2.24) is 5.32 Å². The van der Waals surface area contributed by atoms with E-state index in [1.165, 1.54) is 19.3 Å². The molecule has 0 saturated carbocycles. The van der Waals surface area contributed by atoms with Crippen LogP contribution in [0.1, 0.15) is 52.4 Å². The summed E-state index contributed by atoms with van der Waals surface area (Å²) in [6.45, 7) is 6.20. The van der Waals surface area contributed by atoms with Crippen molar-refractivity contribution in [3.05, 3.63) is 0 Å². The van der Waals surface area contributed by atoms with Gasteiger partial charge in [0.1, 0.15) is 0 Å². The first-order valence-electron chi connectivity index (χ1n) is 7.30. The molecular formula is C14H31NO3. The molecule has 2 unspecified atom stereocenters. The molecule has 0 aliphatic heterocycles. The largest absolute Gasteiger partial charge is 0.396 e. The highest BCUT2D eigenvalue weighted by Gasteiger charge is 2.06. The van der Waals surface area contributed by atoms with Gasteiger partial charge < -0.3 is 20.3 Å². The number of rotatable bonds is 13. The molecule has 0 aromatic carbocycles. The van der Waals surface area contributed by atoms with Gasteiger partial charge in [-0.1, -0.05) is 26.2 Å². The van der Waals surface area contributed by atoms with Crippen molar-refractivity contribution in [2.75, 3.05) is 26.4 Å². The molecule has 0 bridgehead atoms. The van der Waals surface area contributed by atoms with Crippen LogP contribution in [0.5, 0.6) is 0 Å². The Morgan fingerprint density at radius 3 is 2.61 bits per heavy atom. The predicted octanol–water partition coefficient (Wildman–Crippen LogP) is 1.69. The molecular weight excluding hydrogens is 230 g/mol. The maximum absolute atomic E-state index is 9.69. The second kappa shape index (κ2) is 13.3.